The van der Waals surface area contributed by atoms with E-state index < -0.39 is 15.6 Å². The molecule has 0 atom stereocenters. The SMILES string of the molecule is C=CCN(c1ccc(C(=O)NC(C)(C)Cc2ccccc2)cc1)S(C)(=O)=O. The summed E-state index contributed by atoms with van der Waals surface area (Å²) < 4.78 is 25.0. The summed E-state index contributed by atoms with van der Waals surface area (Å²) in [6.45, 7) is 7.71. The van der Waals surface area contributed by atoms with Crippen LogP contribution in [0.25, 0.3) is 0 Å². The van der Waals surface area contributed by atoms with Gasteiger partial charge in [-0.1, -0.05) is 36.4 Å². The van der Waals surface area contributed by atoms with Gasteiger partial charge < -0.3 is 5.32 Å². The molecule has 27 heavy (non-hydrogen) atoms. The summed E-state index contributed by atoms with van der Waals surface area (Å²) in [4.78, 5) is 12.6. The number of sulfonamides is 1. The summed E-state index contributed by atoms with van der Waals surface area (Å²) in [6.07, 6.45) is 3.37. The minimum absolute atomic E-state index is 0.175. The van der Waals surface area contributed by atoms with Crippen LogP contribution < -0.4 is 9.62 Å². The molecule has 0 radical (unpaired) electrons. The largest absolute Gasteiger partial charge is 0.347 e. The number of amides is 1. The van der Waals surface area contributed by atoms with Gasteiger partial charge in [0.15, 0.2) is 0 Å². The molecule has 0 aliphatic rings. The smallest absolute Gasteiger partial charge is 0.251 e. The Morgan fingerprint density at radius 3 is 2.22 bits per heavy atom. The monoisotopic (exact) mass is 386 g/mol. The Morgan fingerprint density at radius 1 is 1.11 bits per heavy atom. The lowest BCUT2D eigenvalue weighted by atomic mass is 9.94. The average Bonchev–Trinajstić information content (AvgIpc) is 2.59. The maximum Gasteiger partial charge on any atom is 0.251 e. The van der Waals surface area contributed by atoms with Gasteiger partial charge in [0.05, 0.1) is 18.5 Å². The first kappa shape index (κ1) is 20.7. The second-order valence-corrected chi connectivity index (χ2v) is 9.04. The van der Waals surface area contributed by atoms with Gasteiger partial charge in [-0.2, -0.15) is 0 Å². The van der Waals surface area contributed by atoms with E-state index in [0.29, 0.717) is 17.7 Å². The highest BCUT2D eigenvalue weighted by Crippen LogP contribution is 2.19. The third kappa shape index (κ3) is 5.96. The van der Waals surface area contributed by atoms with Crippen molar-refractivity contribution in [2.45, 2.75) is 25.8 Å². The lowest BCUT2D eigenvalue weighted by molar-refractivity contribution is 0.0913. The zero-order chi connectivity index (χ0) is 20.1. The molecule has 0 unspecified atom stereocenters. The molecular formula is C21H26N2O3S. The maximum absolute atomic E-state index is 12.6. The number of carbonyl (C=O) groups excluding carboxylic acids is 1. The van der Waals surface area contributed by atoms with E-state index in [1.807, 2.05) is 44.2 Å². The Labute approximate surface area is 161 Å². The van der Waals surface area contributed by atoms with Crippen LogP contribution in [0.1, 0.15) is 29.8 Å². The number of anilines is 1. The Balaban J connectivity index is 2.12. The Hall–Kier alpha value is -2.60. The number of rotatable bonds is 8. The van der Waals surface area contributed by atoms with Crippen LogP contribution in [0.15, 0.2) is 67.3 Å². The van der Waals surface area contributed by atoms with E-state index in [9.17, 15) is 13.2 Å². The van der Waals surface area contributed by atoms with Gasteiger partial charge in [-0.15, -0.1) is 6.58 Å². The molecule has 0 aliphatic carbocycles. The van der Waals surface area contributed by atoms with E-state index in [0.717, 1.165) is 11.8 Å². The van der Waals surface area contributed by atoms with Crippen LogP contribution in [0.2, 0.25) is 0 Å². The molecule has 0 heterocycles. The fraction of sp³-hybridized carbons (Fsp3) is 0.286. The summed E-state index contributed by atoms with van der Waals surface area (Å²) in [6, 6.07) is 16.5. The molecule has 0 bridgehead atoms. The van der Waals surface area contributed by atoms with Crippen LogP contribution in [-0.2, 0) is 16.4 Å². The quantitative estimate of drug-likeness (QED) is 0.707. The van der Waals surface area contributed by atoms with E-state index in [1.165, 1.54) is 10.4 Å². The predicted molar refractivity (Wildman–Crippen MR) is 111 cm³/mol. The van der Waals surface area contributed by atoms with Gasteiger partial charge in [-0.25, -0.2) is 8.42 Å². The first-order valence-corrected chi connectivity index (χ1v) is 10.5. The van der Waals surface area contributed by atoms with Crippen molar-refractivity contribution in [1.29, 1.82) is 0 Å². The van der Waals surface area contributed by atoms with Crippen molar-refractivity contribution in [3.05, 3.63) is 78.4 Å². The van der Waals surface area contributed by atoms with Gasteiger partial charge in [-0.05, 0) is 50.1 Å². The first-order chi connectivity index (χ1) is 12.6. The normalized spacial score (nSPS) is 11.7. The molecular weight excluding hydrogens is 360 g/mol. The number of hydrogen-bond acceptors (Lipinski definition) is 3. The predicted octanol–water partition coefficient (Wildman–Crippen LogP) is 3.39. The molecule has 2 rings (SSSR count). The molecule has 0 spiro atoms. The summed E-state index contributed by atoms with van der Waals surface area (Å²) in [7, 11) is -3.42. The van der Waals surface area contributed by atoms with Gasteiger partial charge >= 0.3 is 0 Å². The fourth-order valence-electron chi connectivity index (χ4n) is 2.86. The third-order valence-electron chi connectivity index (χ3n) is 4.05. The molecule has 5 nitrogen and oxygen atoms in total. The van der Waals surface area contributed by atoms with Gasteiger partial charge in [0.1, 0.15) is 0 Å². The van der Waals surface area contributed by atoms with E-state index >= 15 is 0 Å². The van der Waals surface area contributed by atoms with E-state index in [1.54, 1.807) is 24.3 Å². The number of nitrogens with zero attached hydrogens (tertiary/aromatic N) is 1. The average molecular weight is 387 g/mol. The maximum atomic E-state index is 12.6. The second kappa shape index (κ2) is 8.39. The van der Waals surface area contributed by atoms with Crippen molar-refractivity contribution in [2.24, 2.45) is 0 Å². The van der Waals surface area contributed by atoms with Gasteiger partial charge in [0.25, 0.3) is 5.91 Å². The zero-order valence-corrected chi connectivity index (χ0v) is 16.8. The molecule has 2 aromatic rings. The van der Waals surface area contributed by atoms with Gasteiger partial charge in [0.2, 0.25) is 10.0 Å². The number of hydrogen-bond donors (Lipinski definition) is 1. The Bertz CT molecular complexity index is 889. The highest BCUT2D eigenvalue weighted by molar-refractivity contribution is 7.92. The molecule has 0 saturated carbocycles. The van der Waals surface area contributed by atoms with Crippen LogP contribution in [-0.4, -0.2) is 32.7 Å². The van der Waals surface area contributed by atoms with Crippen molar-refractivity contribution < 1.29 is 13.2 Å². The van der Waals surface area contributed by atoms with Gasteiger partial charge in [0, 0.05) is 11.1 Å². The summed E-state index contributed by atoms with van der Waals surface area (Å²) in [5, 5.41) is 3.04. The highest BCUT2D eigenvalue weighted by atomic mass is 32.2. The third-order valence-corrected chi connectivity index (χ3v) is 5.21. The van der Waals surface area contributed by atoms with Crippen LogP contribution in [0.4, 0.5) is 5.69 Å². The summed E-state index contributed by atoms with van der Waals surface area (Å²) >= 11 is 0. The van der Waals surface area contributed by atoms with Crippen LogP contribution in [0.3, 0.4) is 0 Å². The summed E-state index contributed by atoms with van der Waals surface area (Å²) in [5.74, 6) is -0.197. The Morgan fingerprint density at radius 2 is 1.70 bits per heavy atom. The summed E-state index contributed by atoms with van der Waals surface area (Å²) in [5.41, 5.74) is 1.70. The number of carbonyl (C=O) groups is 1. The van der Waals surface area contributed by atoms with Crippen molar-refractivity contribution >= 4 is 21.6 Å². The van der Waals surface area contributed by atoms with Crippen LogP contribution in [0, 0.1) is 0 Å². The van der Waals surface area contributed by atoms with Crippen molar-refractivity contribution in [3.8, 4) is 0 Å². The molecule has 0 fully saturated rings. The van der Waals surface area contributed by atoms with Gasteiger partial charge in [-0.3, -0.25) is 9.10 Å². The minimum atomic E-state index is -3.42. The van der Waals surface area contributed by atoms with Crippen molar-refractivity contribution in [3.63, 3.8) is 0 Å². The highest BCUT2D eigenvalue weighted by Gasteiger charge is 2.22. The lowest BCUT2D eigenvalue weighted by Gasteiger charge is -2.27. The molecule has 0 saturated heterocycles. The standard InChI is InChI=1S/C21H26N2O3S/c1-5-15-23(27(4,25)26)19-13-11-18(12-14-19)20(24)22-21(2,3)16-17-9-7-6-8-10-17/h5-14H,1,15-16H2,2-4H3,(H,22,24). The van der Waals surface area contributed by atoms with Crippen LogP contribution >= 0.6 is 0 Å². The van der Waals surface area contributed by atoms with E-state index in [-0.39, 0.29) is 12.5 Å². The Kier molecular flexibility index (Phi) is 6.44. The molecule has 144 valence electrons. The van der Waals surface area contributed by atoms with E-state index in [2.05, 4.69) is 11.9 Å². The number of benzene rings is 2. The minimum Gasteiger partial charge on any atom is -0.347 e. The molecule has 2 aromatic carbocycles. The number of nitrogens with one attached hydrogen (secondary N) is 1. The molecule has 1 amide bonds. The van der Waals surface area contributed by atoms with E-state index in [4.69, 9.17) is 0 Å². The molecule has 0 aliphatic heterocycles. The molecule has 0 aromatic heterocycles. The van der Waals surface area contributed by atoms with Crippen LogP contribution in [0.5, 0.6) is 0 Å². The lowest BCUT2D eigenvalue weighted by Crippen LogP contribution is -2.45. The molecule has 1 N–H and O–H groups in total. The zero-order valence-electron chi connectivity index (χ0n) is 16.0. The molecule has 6 heteroatoms. The second-order valence-electron chi connectivity index (χ2n) is 7.13. The topological polar surface area (TPSA) is 66.5 Å². The fourth-order valence-corrected chi connectivity index (χ4v) is 3.74. The van der Waals surface area contributed by atoms with Crippen molar-refractivity contribution in [1.82, 2.24) is 5.32 Å². The van der Waals surface area contributed by atoms with Crippen molar-refractivity contribution in [2.75, 3.05) is 17.1 Å². The first-order valence-electron chi connectivity index (χ1n) is 8.67.